The fourth-order valence-corrected chi connectivity index (χ4v) is 6.90. The van der Waals surface area contributed by atoms with Crippen molar-refractivity contribution in [2.75, 3.05) is 123 Å². The van der Waals surface area contributed by atoms with E-state index >= 15 is 0 Å². The normalized spacial score (nSPS) is 14.7. The maximum atomic E-state index is 13.3. The molecule has 17 heteroatoms. The number of amides is 1. The van der Waals surface area contributed by atoms with Crippen LogP contribution in [0.15, 0.2) is 48.5 Å². The highest BCUT2D eigenvalue weighted by molar-refractivity contribution is 6.31. The number of piperidine rings is 1. The van der Waals surface area contributed by atoms with Crippen molar-refractivity contribution in [3.8, 4) is 11.5 Å². The largest absolute Gasteiger partial charge is 0.491 e. The van der Waals surface area contributed by atoms with E-state index in [1.165, 1.54) is 17.5 Å². The Morgan fingerprint density at radius 1 is 0.724 bits per heavy atom. The van der Waals surface area contributed by atoms with E-state index in [-0.39, 0.29) is 41.7 Å². The molecule has 1 saturated heterocycles. The van der Waals surface area contributed by atoms with Crippen molar-refractivity contribution < 1.29 is 47.9 Å². The van der Waals surface area contributed by atoms with Gasteiger partial charge in [-0.1, -0.05) is 35.9 Å². The molecular weight excluding hydrogens is 791 g/mol. The Labute approximate surface area is 352 Å². The topological polar surface area (TPSA) is 203 Å². The third-order valence-corrected chi connectivity index (χ3v) is 9.78. The molecule has 2 heterocycles. The number of nitrogen functional groups attached to an aromatic ring is 2. The summed E-state index contributed by atoms with van der Waals surface area (Å²) in [7, 11) is 0. The minimum Gasteiger partial charge on any atom is -0.491 e. The molecule has 1 aliphatic heterocycles. The molecule has 1 fully saturated rings. The summed E-state index contributed by atoms with van der Waals surface area (Å²) < 4.78 is 33.9. The smallest absolute Gasteiger partial charge is 0.274 e. The SMILES string of the molecule is CCl.Nc1nc(N)c(C(=O)NC2CCC[N+](CCCc3ccc(OCCOCCOCCO)cc3)(CCCc3ccc(OCCOCCOCCO)cc3)C2)nc1Cl. The Morgan fingerprint density at radius 2 is 1.19 bits per heavy atom. The monoisotopic (exact) mass is 853 g/mol. The predicted octanol–water partition coefficient (Wildman–Crippen LogP) is 3.93. The maximum absolute atomic E-state index is 13.3. The van der Waals surface area contributed by atoms with Gasteiger partial charge in [-0.25, -0.2) is 9.97 Å². The van der Waals surface area contributed by atoms with Crippen LogP contribution in [-0.4, -0.2) is 148 Å². The summed E-state index contributed by atoms with van der Waals surface area (Å²) in [6.07, 6.45) is 7.14. The number of carbonyl (C=O) groups excluding carboxylic acids is 1. The Balaban J connectivity index is 0.00000443. The van der Waals surface area contributed by atoms with Crippen LogP contribution in [0.5, 0.6) is 11.5 Å². The molecule has 0 radical (unpaired) electrons. The minimum absolute atomic E-state index is 0.00567. The van der Waals surface area contributed by atoms with E-state index in [0.717, 1.165) is 80.7 Å². The van der Waals surface area contributed by atoms with Gasteiger partial charge in [-0.05, 0) is 61.1 Å². The minimum atomic E-state index is -0.399. The fourth-order valence-electron chi connectivity index (χ4n) is 6.77. The Morgan fingerprint density at radius 3 is 1.67 bits per heavy atom. The Kier molecular flexibility index (Phi) is 24.3. The first-order valence-corrected chi connectivity index (χ1v) is 21.0. The number of ether oxygens (including phenoxy) is 6. The molecule has 3 aromatic rings. The molecule has 0 bridgehead atoms. The number of hydrogen-bond acceptors (Lipinski definition) is 13. The van der Waals surface area contributed by atoms with Crippen LogP contribution in [0.2, 0.25) is 5.15 Å². The van der Waals surface area contributed by atoms with Crippen LogP contribution in [0.25, 0.3) is 0 Å². The first-order chi connectivity index (χ1) is 28.3. The van der Waals surface area contributed by atoms with Gasteiger partial charge in [0, 0.05) is 19.2 Å². The summed E-state index contributed by atoms with van der Waals surface area (Å²) in [6, 6.07) is 16.4. The van der Waals surface area contributed by atoms with E-state index in [4.69, 9.17) is 61.7 Å². The number of likely N-dealkylation sites (tertiary alicyclic amines) is 1. The Bertz CT molecular complexity index is 1490. The van der Waals surface area contributed by atoms with E-state index in [1.807, 2.05) is 24.3 Å². The summed E-state index contributed by atoms with van der Waals surface area (Å²) in [4.78, 5) is 21.4. The van der Waals surface area contributed by atoms with E-state index in [2.05, 4.69) is 51.2 Å². The van der Waals surface area contributed by atoms with Crippen molar-refractivity contribution in [3.05, 3.63) is 70.5 Å². The van der Waals surface area contributed by atoms with Crippen LogP contribution >= 0.6 is 23.2 Å². The standard InChI is InChI=1S/C40H59ClN6O9.CH3Cl/c41-37-39(43)46-38(42)36(45-37)40(50)44-33-6-3-17-47(30-33,15-1-4-31-7-11-34(12-8-31)55-28-26-53-24-22-51-20-18-48)16-2-5-32-9-13-35(14-10-32)56-29-27-54-25-23-52-21-19-49;1-2/h7-14,33,48-49H,1-6,15-30H2,(H4-,42,43,44,46,50);1H3/p+1. The number of rotatable bonds is 28. The van der Waals surface area contributed by atoms with Crippen LogP contribution in [0, 0.1) is 0 Å². The first kappa shape index (κ1) is 48.9. The van der Waals surface area contributed by atoms with Gasteiger partial charge in [0.15, 0.2) is 22.5 Å². The summed E-state index contributed by atoms with van der Waals surface area (Å²) >= 11 is 10.7. The number of nitrogens with two attached hydrogens (primary N) is 2. The highest BCUT2D eigenvalue weighted by Gasteiger charge is 2.35. The zero-order valence-electron chi connectivity index (χ0n) is 33.8. The van der Waals surface area contributed by atoms with Gasteiger partial charge in [0.1, 0.15) is 24.7 Å². The lowest BCUT2D eigenvalue weighted by Gasteiger charge is -2.45. The Hall–Kier alpha value is -3.51. The molecular formula is C41H63Cl2N6O9+. The lowest BCUT2D eigenvalue weighted by molar-refractivity contribution is -0.933. The number of halogens is 2. The van der Waals surface area contributed by atoms with E-state index in [1.54, 1.807) is 0 Å². The molecule has 1 aromatic heterocycles. The number of nitrogens with one attached hydrogen (secondary N) is 1. The van der Waals surface area contributed by atoms with Crippen LogP contribution in [0.1, 0.15) is 47.3 Å². The zero-order chi connectivity index (χ0) is 41.9. The first-order valence-electron chi connectivity index (χ1n) is 19.9. The number of nitrogens with zero attached hydrogens (tertiary/aromatic N) is 3. The van der Waals surface area contributed by atoms with E-state index in [9.17, 15) is 4.79 Å². The molecule has 324 valence electrons. The molecule has 1 amide bonds. The number of aromatic nitrogens is 2. The third kappa shape index (κ3) is 18.6. The summed E-state index contributed by atoms with van der Waals surface area (Å²) in [5, 5.41) is 20.6. The van der Waals surface area contributed by atoms with Crippen molar-refractivity contribution >= 4 is 40.7 Å². The van der Waals surface area contributed by atoms with Gasteiger partial charge in [0.2, 0.25) is 0 Å². The molecule has 4 rings (SSSR count). The molecule has 15 nitrogen and oxygen atoms in total. The second-order valence-corrected chi connectivity index (χ2v) is 14.1. The molecule has 2 aromatic carbocycles. The van der Waals surface area contributed by atoms with Crippen LogP contribution in [0.3, 0.4) is 0 Å². The van der Waals surface area contributed by atoms with Gasteiger partial charge in [0.25, 0.3) is 5.91 Å². The molecule has 1 atom stereocenters. The van der Waals surface area contributed by atoms with Crippen molar-refractivity contribution in [3.63, 3.8) is 0 Å². The molecule has 1 aliphatic rings. The highest BCUT2D eigenvalue weighted by atomic mass is 35.5. The molecule has 0 aliphatic carbocycles. The van der Waals surface area contributed by atoms with Crippen LogP contribution in [-0.2, 0) is 31.8 Å². The van der Waals surface area contributed by atoms with Gasteiger partial charge in [-0.3, -0.25) is 4.79 Å². The van der Waals surface area contributed by atoms with E-state index < -0.39 is 5.91 Å². The van der Waals surface area contributed by atoms with Gasteiger partial charge in [0.05, 0.1) is 98.3 Å². The number of alkyl halides is 1. The van der Waals surface area contributed by atoms with Gasteiger partial charge >= 0.3 is 0 Å². The number of aliphatic hydroxyl groups is 2. The summed E-state index contributed by atoms with van der Waals surface area (Å²) in [5.74, 6) is 1.14. The zero-order valence-corrected chi connectivity index (χ0v) is 35.3. The van der Waals surface area contributed by atoms with Crippen LogP contribution in [0.4, 0.5) is 11.6 Å². The number of quaternary nitrogens is 1. The number of aliphatic hydroxyl groups excluding tert-OH is 2. The number of anilines is 2. The second-order valence-electron chi connectivity index (χ2n) is 13.7. The quantitative estimate of drug-likeness (QED) is 0.0400. The second kappa shape index (κ2) is 28.8. The average molecular weight is 855 g/mol. The number of hydrogen-bond donors (Lipinski definition) is 5. The van der Waals surface area contributed by atoms with Gasteiger partial charge in [-0.2, -0.15) is 0 Å². The van der Waals surface area contributed by atoms with Crippen molar-refractivity contribution in [1.29, 1.82) is 0 Å². The maximum Gasteiger partial charge on any atom is 0.274 e. The summed E-state index contributed by atoms with van der Waals surface area (Å²) in [6.45, 7) is 8.04. The van der Waals surface area contributed by atoms with Crippen LogP contribution < -0.4 is 26.3 Å². The van der Waals surface area contributed by atoms with Gasteiger partial charge < -0.3 is 59.9 Å². The number of benzene rings is 2. The number of carbonyl (C=O) groups is 1. The number of aryl methyl sites for hydroxylation is 2. The third-order valence-electron chi connectivity index (χ3n) is 9.50. The summed E-state index contributed by atoms with van der Waals surface area (Å²) in [5.41, 5.74) is 14.2. The molecule has 58 heavy (non-hydrogen) atoms. The molecule has 1 unspecified atom stereocenters. The molecule has 0 saturated carbocycles. The molecule has 7 N–H and O–H groups in total. The lowest BCUT2D eigenvalue weighted by Crippen LogP contribution is -2.60. The van der Waals surface area contributed by atoms with Crippen molar-refractivity contribution in [1.82, 2.24) is 15.3 Å². The average Bonchev–Trinajstić information content (AvgIpc) is 3.23. The lowest BCUT2D eigenvalue weighted by atomic mass is 9.99. The predicted molar refractivity (Wildman–Crippen MR) is 226 cm³/mol. The molecule has 0 spiro atoms. The fraction of sp³-hybridized carbons (Fsp3) is 0.585. The van der Waals surface area contributed by atoms with E-state index in [0.29, 0.717) is 66.1 Å². The van der Waals surface area contributed by atoms with Gasteiger partial charge in [-0.15, -0.1) is 11.6 Å². The highest BCUT2D eigenvalue weighted by Crippen LogP contribution is 2.25. The van der Waals surface area contributed by atoms with Crippen molar-refractivity contribution in [2.45, 2.75) is 44.6 Å². The van der Waals surface area contributed by atoms with Crippen molar-refractivity contribution in [2.24, 2.45) is 0 Å².